The zero-order valence-corrected chi connectivity index (χ0v) is 13.3. The summed E-state index contributed by atoms with van der Waals surface area (Å²) in [6.45, 7) is 4.24. The molecule has 0 bridgehead atoms. The van der Waals surface area contributed by atoms with Crippen molar-refractivity contribution in [2.24, 2.45) is 0 Å². The van der Waals surface area contributed by atoms with Crippen LogP contribution in [0.4, 0.5) is 5.82 Å². The van der Waals surface area contributed by atoms with Gasteiger partial charge in [-0.25, -0.2) is 4.98 Å². The summed E-state index contributed by atoms with van der Waals surface area (Å²) < 4.78 is 1.12. The average molecular weight is 340 g/mol. The van der Waals surface area contributed by atoms with E-state index >= 15 is 0 Å². The molecule has 0 amide bonds. The molecule has 0 radical (unpaired) electrons. The van der Waals surface area contributed by atoms with Gasteiger partial charge in [0, 0.05) is 32.2 Å². The molecule has 1 saturated carbocycles. The van der Waals surface area contributed by atoms with Crippen molar-refractivity contribution in [2.45, 2.75) is 38.6 Å². The molecule has 0 atom stereocenters. The highest BCUT2D eigenvalue weighted by Crippen LogP contribution is 2.45. The summed E-state index contributed by atoms with van der Waals surface area (Å²) in [5.74, 6) is 1.56. The minimum atomic E-state index is 0.350. The molecule has 2 aromatic rings. The van der Waals surface area contributed by atoms with Crippen LogP contribution in [0, 0.1) is 0 Å². The summed E-state index contributed by atoms with van der Waals surface area (Å²) in [5.41, 5.74) is 1.18. The van der Waals surface area contributed by atoms with E-state index < -0.39 is 0 Å². The number of rotatable bonds is 3. The predicted octanol–water partition coefficient (Wildman–Crippen LogP) is 5.35. The lowest BCUT2D eigenvalue weighted by Crippen LogP contribution is -2.12. The monoisotopic (exact) mass is 338 g/mol. The third-order valence-corrected chi connectivity index (χ3v) is 4.39. The van der Waals surface area contributed by atoms with E-state index in [1.807, 2.05) is 12.1 Å². The van der Waals surface area contributed by atoms with Gasteiger partial charge in [0.05, 0.1) is 5.69 Å². The second-order valence-electron chi connectivity index (χ2n) is 5.42. The predicted molar refractivity (Wildman–Crippen MR) is 85.2 cm³/mol. The van der Waals surface area contributed by atoms with Crippen molar-refractivity contribution in [1.29, 1.82) is 0 Å². The smallest absolute Gasteiger partial charge is 0.134 e. The lowest BCUT2D eigenvalue weighted by atomic mass is 10.1. The van der Waals surface area contributed by atoms with Crippen molar-refractivity contribution >= 4 is 44.1 Å². The molecule has 2 nitrogen and oxygen atoms in total. The van der Waals surface area contributed by atoms with Gasteiger partial charge < -0.3 is 5.32 Å². The Hall–Kier alpha value is -0.800. The van der Waals surface area contributed by atoms with E-state index in [9.17, 15) is 0 Å². The van der Waals surface area contributed by atoms with Crippen molar-refractivity contribution in [3.63, 3.8) is 0 Å². The van der Waals surface area contributed by atoms with E-state index in [1.165, 1.54) is 23.9 Å². The first-order valence-corrected chi connectivity index (χ1v) is 7.78. The number of hydrogen-bond donors (Lipinski definition) is 1. The van der Waals surface area contributed by atoms with Crippen LogP contribution < -0.4 is 5.32 Å². The van der Waals surface area contributed by atoms with E-state index in [0.717, 1.165) is 20.7 Å². The summed E-state index contributed by atoms with van der Waals surface area (Å²) in [6, 6.07) is 6.34. The maximum atomic E-state index is 6.12. The first kappa shape index (κ1) is 13.2. The molecule has 0 aliphatic heterocycles. The molecule has 0 unspecified atom stereocenters. The molecular formula is C15H16BrClN2. The average Bonchev–Trinajstić information content (AvgIpc) is 3.16. The number of fused-ring (bicyclic) bond motifs is 1. The van der Waals surface area contributed by atoms with Crippen molar-refractivity contribution in [3.8, 4) is 0 Å². The van der Waals surface area contributed by atoms with Crippen molar-refractivity contribution < 1.29 is 0 Å². The summed E-state index contributed by atoms with van der Waals surface area (Å²) in [5, 5.41) is 6.44. The van der Waals surface area contributed by atoms with Gasteiger partial charge in [0.15, 0.2) is 0 Å². The van der Waals surface area contributed by atoms with Gasteiger partial charge in [0.2, 0.25) is 0 Å². The number of anilines is 1. The van der Waals surface area contributed by atoms with Crippen LogP contribution in [0.15, 0.2) is 22.7 Å². The van der Waals surface area contributed by atoms with Gasteiger partial charge >= 0.3 is 0 Å². The number of pyridine rings is 1. The Morgan fingerprint density at radius 1 is 1.32 bits per heavy atom. The SMILES string of the molecule is CC(C)Nc1nc(C2CC2)c(Br)c2ccc(Cl)cc12. The van der Waals surface area contributed by atoms with Crippen LogP contribution in [0.3, 0.4) is 0 Å². The first-order valence-electron chi connectivity index (χ1n) is 6.61. The Morgan fingerprint density at radius 2 is 2.05 bits per heavy atom. The van der Waals surface area contributed by atoms with Gasteiger partial charge in [-0.1, -0.05) is 17.7 Å². The number of hydrogen-bond acceptors (Lipinski definition) is 2. The highest BCUT2D eigenvalue weighted by atomic mass is 79.9. The number of halogens is 2. The molecular weight excluding hydrogens is 324 g/mol. The standard InChI is InChI=1S/C15H16BrClN2/c1-8(2)18-15-12-7-10(17)5-6-11(12)13(16)14(19-15)9-3-4-9/h5-9H,3-4H2,1-2H3,(H,18,19). The Bertz CT molecular complexity index is 636. The third-order valence-electron chi connectivity index (χ3n) is 3.32. The molecule has 19 heavy (non-hydrogen) atoms. The summed E-state index contributed by atoms with van der Waals surface area (Å²) in [6.07, 6.45) is 2.48. The summed E-state index contributed by atoms with van der Waals surface area (Å²) in [7, 11) is 0. The molecule has 1 N–H and O–H groups in total. The number of benzene rings is 1. The van der Waals surface area contributed by atoms with E-state index in [1.54, 1.807) is 0 Å². The van der Waals surface area contributed by atoms with Gasteiger partial charge in [-0.3, -0.25) is 0 Å². The van der Waals surface area contributed by atoms with Crippen molar-refractivity contribution in [3.05, 3.63) is 33.4 Å². The third kappa shape index (κ3) is 2.59. The maximum absolute atomic E-state index is 6.12. The Balaban J connectivity index is 2.25. The fraction of sp³-hybridized carbons (Fsp3) is 0.400. The van der Waals surface area contributed by atoms with Gasteiger partial charge in [-0.05, 0) is 54.8 Å². The lowest BCUT2D eigenvalue weighted by molar-refractivity contribution is 0.884. The Kier molecular flexibility index (Phi) is 3.44. The van der Waals surface area contributed by atoms with E-state index in [-0.39, 0.29) is 0 Å². The summed E-state index contributed by atoms with van der Waals surface area (Å²) >= 11 is 9.84. The van der Waals surface area contributed by atoms with Gasteiger partial charge in [-0.2, -0.15) is 0 Å². The molecule has 0 spiro atoms. The largest absolute Gasteiger partial charge is 0.367 e. The minimum absolute atomic E-state index is 0.350. The van der Waals surface area contributed by atoms with Crippen LogP contribution in [-0.2, 0) is 0 Å². The van der Waals surface area contributed by atoms with Crippen LogP contribution in [0.25, 0.3) is 10.8 Å². The zero-order valence-electron chi connectivity index (χ0n) is 11.0. The molecule has 1 aromatic heterocycles. The molecule has 4 heteroatoms. The fourth-order valence-electron chi connectivity index (χ4n) is 2.28. The number of nitrogens with zero attached hydrogens (tertiary/aromatic N) is 1. The van der Waals surface area contributed by atoms with Gasteiger partial charge in [0.25, 0.3) is 0 Å². The molecule has 100 valence electrons. The highest BCUT2D eigenvalue weighted by Gasteiger charge is 2.29. The molecule has 3 rings (SSSR count). The van der Waals surface area contributed by atoms with Crippen molar-refractivity contribution in [1.82, 2.24) is 4.98 Å². The van der Waals surface area contributed by atoms with E-state index in [2.05, 4.69) is 41.2 Å². The molecule has 1 aliphatic carbocycles. The van der Waals surface area contributed by atoms with E-state index in [4.69, 9.17) is 16.6 Å². The first-order chi connectivity index (χ1) is 9.06. The van der Waals surface area contributed by atoms with Crippen LogP contribution >= 0.6 is 27.5 Å². The highest BCUT2D eigenvalue weighted by molar-refractivity contribution is 9.10. The number of aromatic nitrogens is 1. The van der Waals surface area contributed by atoms with Crippen molar-refractivity contribution in [2.75, 3.05) is 5.32 Å². The van der Waals surface area contributed by atoms with Crippen LogP contribution in [-0.4, -0.2) is 11.0 Å². The van der Waals surface area contributed by atoms with E-state index in [0.29, 0.717) is 12.0 Å². The molecule has 1 aliphatic rings. The zero-order chi connectivity index (χ0) is 13.6. The Morgan fingerprint density at radius 3 is 2.68 bits per heavy atom. The number of nitrogens with one attached hydrogen (secondary N) is 1. The Labute approximate surface area is 126 Å². The van der Waals surface area contributed by atoms with Crippen LogP contribution in [0.1, 0.15) is 38.3 Å². The molecule has 1 fully saturated rings. The summed E-state index contributed by atoms with van der Waals surface area (Å²) in [4.78, 5) is 4.83. The van der Waals surface area contributed by atoms with Crippen LogP contribution in [0.2, 0.25) is 5.02 Å². The minimum Gasteiger partial charge on any atom is -0.367 e. The normalized spacial score (nSPS) is 15.2. The topological polar surface area (TPSA) is 24.9 Å². The second kappa shape index (κ2) is 4.95. The molecule has 1 aromatic carbocycles. The molecule has 0 saturated heterocycles. The fourth-order valence-corrected chi connectivity index (χ4v) is 3.21. The van der Waals surface area contributed by atoms with Crippen LogP contribution in [0.5, 0.6) is 0 Å². The quantitative estimate of drug-likeness (QED) is 0.815. The van der Waals surface area contributed by atoms with Gasteiger partial charge in [-0.15, -0.1) is 0 Å². The molecule has 1 heterocycles. The van der Waals surface area contributed by atoms with Gasteiger partial charge in [0.1, 0.15) is 5.82 Å². The second-order valence-corrected chi connectivity index (χ2v) is 6.65. The maximum Gasteiger partial charge on any atom is 0.134 e. The lowest BCUT2D eigenvalue weighted by Gasteiger charge is -2.15.